The van der Waals surface area contributed by atoms with Crippen LogP contribution in [0, 0.1) is 0 Å². The molecule has 2 atom stereocenters. The zero-order chi connectivity index (χ0) is 19.7. The van der Waals surface area contributed by atoms with E-state index in [2.05, 4.69) is 5.32 Å². The molecule has 0 aliphatic carbocycles. The second-order valence-electron chi connectivity index (χ2n) is 6.16. The van der Waals surface area contributed by atoms with Crippen molar-refractivity contribution in [3.63, 3.8) is 0 Å². The van der Waals surface area contributed by atoms with E-state index in [9.17, 15) is 9.59 Å². The fraction of sp³-hybridized carbons (Fsp3) is 0.263. The van der Waals surface area contributed by atoms with Crippen molar-refractivity contribution in [1.82, 2.24) is 0 Å². The molecule has 0 bridgehead atoms. The summed E-state index contributed by atoms with van der Waals surface area (Å²) in [4.78, 5) is 25.9. The van der Waals surface area contributed by atoms with Crippen LogP contribution in [-0.4, -0.2) is 31.1 Å². The average Bonchev–Trinajstić information content (AvgIpc) is 2.62. The van der Waals surface area contributed by atoms with Gasteiger partial charge in [0.05, 0.1) is 10.7 Å². The van der Waals surface area contributed by atoms with Crippen LogP contribution in [0.5, 0.6) is 11.5 Å². The van der Waals surface area contributed by atoms with E-state index in [1.54, 1.807) is 57.3 Å². The first-order chi connectivity index (χ1) is 12.8. The van der Waals surface area contributed by atoms with E-state index in [0.717, 1.165) is 0 Å². The number of hydrogen-bond acceptors (Lipinski definition) is 4. The molecule has 2 unspecified atom stereocenters. The number of benzene rings is 2. The summed E-state index contributed by atoms with van der Waals surface area (Å²) < 4.78 is 11.2. The number of ether oxygens (including phenoxy) is 2. The predicted octanol–water partition coefficient (Wildman–Crippen LogP) is 4.14. The van der Waals surface area contributed by atoms with Crippen molar-refractivity contribution in [2.24, 2.45) is 0 Å². The van der Waals surface area contributed by atoms with E-state index in [4.69, 9.17) is 32.7 Å². The molecular weight excluding hydrogens is 391 g/mol. The lowest BCUT2D eigenvalue weighted by Gasteiger charge is -2.30. The van der Waals surface area contributed by atoms with Gasteiger partial charge in [0, 0.05) is 23.8 Å². The first kappa shape index (κ1) is 19.3. The molecule has 0 saturated carbocycles. The highest BCUT2D eigenvalue weighted by Gasteiger charge is 2.29. The van der Waals surface area contributed by atoms with E-state index in [0.29, 0.717) is 32.9 Å². The number of likely N-dealkylation sites (N-methyl/N-ethyl adjacent to an activating group) is 1. The molecule has 1 heterocycles. The van der Waals surface area contributed by atoms with Crippen LogP contribution in [0.3, 0.4) is 0 Å². The first-order valence-corrected chi connectivity index (χ1v) is 9.02. The Balaban J connectivity index is 1.70. The van der Waals surface area contributed by atoms with Crippen LogP contribution in [0.2, 0.25) is 10.0 Å². The molecule has 2 amide bonds. The molecule has 0 radical (unpaired) electrons. The molecule has 142 valence electrons. The number of rotatable bonds is 4. The van der Waals surface area contributed by atoms with Crippen LogP contribution in [0.15, 0.2) is 36.4 Å². The van der Waals surface area contributed by atoms with E-state index < -0.39 is 12.2 Å². The van der Waals surface area contributed by atoms with Gasteiger partial charge in [-0.05, 0) is 44.2 Å². The molecule has 0 fully saturated rings. The summed E-state index contributed by atoms with van der Waals surface area (Å²) in [5, 5.41) is 3.57. The number of nitrogens with zero attached hydrogens (tertiary/aromatic N) is 1. The van der Waals surface area contributed by atoms with Gasteiger partial charge in [0.15, 0.2) is 12.2 Å². The Labute approximate surface area is 167 Å². The monoisotopic (exact) mass is 408 g/mol. The lowest BCUT2D eigenvalue weighted by molar-refractivity contribution is -0.125. The van der Waals surface area contributed by atoms with Crippen LogP contribution in [0.25, 0.3) is 0 Å². The molecule has 27 heavy (non-hydrogen) atoms. The lowest BCUT2D eigenvalue weighted by atomic mass is 10.2. The molecule has 2 aromatic carbocycles. The fourth-order valence-electron chi connectivity index (χ4n) is 2.65. The lowest BCUT2D eigenvalue weighted by Crippen LogP contribution is -2.42. The van der Waals surface area contributed by atoms with Gasteiger partial charge >= 0.3 is 0 Å². The average molecular weight is 409 g/mol. The molecular formula is C19H18Cl2N2O4. The van der Waals surface area contributed by atoms with Gasteiger partial charge in [0.2, 0.25) is 0 Å². The Kier molecular flexibility index (Phi) is 5.48. The third kappa shape index (κ3) is 4.12. The van der Waals surface area contributed by atoms with Gasteiger partial charge in [0.25, 0.3) is 11.8 Å². The van der Waals surface area contributed by atoms with Gasteiger partial charge in [-0.2, -0.15) is 0 Å². The van der Waals surface area contributed by atoms with Crippen molar-refractivity contribution < 1.29 is 19.1 Å². The smallest absolute Gasteiger partial charge is 0.267 e. The molecule has 1 N–H and O–H groups in total. The minimum Gasteiger partial charge on any atom is -0.479 e. The molecule has 3 rings (SSSR count). The predicted molar refractivity (Wildman–Crippen MR) is 105 cm³/mol. The van der Waals surface area contributed by atoms with Crippen molar-refractivity contribution in [3.05, 3.63) is 46.4 Å². The van der Waals surface area contributed by atoms with Crippen molar-refractivity contribution in [2.75, 3.05) is 17.3 Å². The summed E-state index contributed by atoms with van der Waals surface area (Å²) in [7, 11) is 1.68. The number of hydrogen-bond donors (Lipinski definition) is 1. The maximum absolute atomic E-state index is 12.4. The van der Waals surface area contributed by atoms with Gasteiger partial charge in [-0.3, -0.25) is 9.59 Å². The fourth-order valence-corrected chi connectivity index (χ4v) is 3.11. The third-order valence-electron chi connectivity index (χ3n) is 4.14. The van der Waals surface area contributed by atoms with Gasteiger partial charge in [-0.25, -0.2) is 0 Å². The zero-order valence-electron chi connectivity index (χ0n) is 15.0. The van der Waals surface area contributed by atoms with Crippen LogP contribution in [0.4, 0.5) is 11.4 Å². The molecule has 0 spiro atoms. The molecule has 6 nitrogen and oxygen atoms in total. The number of amides is 2. The Morgan fingerprint density at radius 2 is 2.00 bits per heavy atom. The highest BCUT2D eigenvalue weighted by Crippen LogP contribution is 2.35. The van der Waals surface area contributed by atoms with Crippen molar-refractivity contribution in [3.8, 4) is 11.5 Å². The van der Waals surface area contributed by atoms with Gasteiger partial charge in [0.1, 0.15) is 11.5 Å². The molecule has 0 aromatic heterocycles. The van der Waals surface area contributed by atoms with E-state index in [1.807, 2.05) is 0 Å². The maximum atomic E-state index is 12.4. The maximum Gasteiger partial charge on any atom is 0.267 e. The standard InChI is InChI=1S/C19H18Cl2N2O4/c1-10(26-16-7-4-12(20)8-14(16)21)18(24)22-13-5-6-15-17(9-13)27-11(2)19(25)23(15)3/h4-11H,1-3H3,(H,22,24). The van der Waals surface area contributed by atoms with Gasteiger partial charge in [-0.15, -0.1) is 0 Å². The number of nitrogens with one attached hydrogen (secondary N) is 1. The largest absolute Gasteiger partial charge is 0.479 e. The summed E-state index contributed by atoms with van der Waals surface area (Å²) in [6.45, 7) is 3.29. The second kappa shape index (κ2) is 7.66. The van der Waals surface area contributed by atoms with E-state index in [1.165, 1.54) is 4.90 Å². The summed E-state index contributed by atoms with van der Waals surface area (Å²) in [5.74, 6) is 0.415. The number of anilines is 2. The van der Waals surface area contributed by atoms with Crippen molar-refractivity contribution >= 4 is 46.4 Å². The normalized spacial score (nSPS) is 17.0. The van der Waals surface area contributed by atoms with Crippen LogP contribution < -0.4 is 19.7 Å². The topological polar surface area (TPSA) is 67.9 Å². The summed E-state index contributed by atoms with van der Waals surface area (Å²) in [6, 6.07) is 9.87. The minimum atomic E-state index is -0.788. The highest BCUT2D eigenvalue weighted by atomic mass is 35.5. The van der Waals surface area contributed by atoms with E-state index >= 15 is 0 Å². The molecule has 1 aliphatic rings. The molecule has 2 aromatic rings. The zero-order valence-corrected chi connectivity index (χ0v) is 16.5. The van der Waals surface area contributed by atoms with Crippen LogP contribution >= 0.6 is 23.2 Å². The number of carbonyl (C=O) groups is 2. The Morgan fingerprint density at radius 3 is 2.70 bits per heavy atom. The number of halogens is 2. The van der Waals surface area contributed by atoms with Crippen molar-refractivity contribution in [1.29, 1.82) is 0 Å². The molecule has 8 heteroatoms. The Hall–Kier alpha value is -2.44. The Bertz CT molecular complexity index is 903. The van der Waals surface area contributed by atoms with Crippen LogP contribution in [-0.2, 0) is 9.59 Å². The quantitative estimate of drug-likeness (QED) is 0.824. The van der Waals surface area contributed by atoms with Crippen LogP contribution in [0.1, 0.15) is 13.8 Å². The second-order valence-corrected chi connectivity index (χ2v) is 7.01. The highest BCUT2D eigenvalue weighted by molar-refractivity contribution is 6.35. The molecule has 0 saturated heterocycles. The van der Waals surface area contributed by atoms with E-state index in [-0.39, 0.29) is 11.8 Å². The molecule has 1 aliphatic heterocycles. The number of fused-ring (bicyclic) bond motifs is 1. The summed E-state index contributed by atoms with van der Waals surface area (Å²) >= 11 is 11.9. The minimum absolute atomic E-state index is 0.124. The Morgan fingerprint density at radius 1 is 1.26 bits per heavy atom. The van der Waals surface area contributed by atoms with Gasteiger partial charge < -0.3 is 19.7 Å². The first-order valence-electron chi connectivity index (χ1n) is 8.27. The number of carbonyl (C=O) groups excluding carboxylic acids is 2. The summed E-state index contributed by atoms with van der Waals surface area (Å²) in [5.41, 5.74) is 1.18. The third-order valence-corrected chi connectivity index (χ3v) is 4.67. The van der Waals surface area contributed by atoms with Crippen molar-refractivity contribution in [2.45, 2.75) is 26.1 Å². The SMILES string of the molecule is CC(Oc1ccc(Cl)cc1Cl)C(=O)Nc1ccc2c(c1)OC(C)C(=O)N2C. The summed E-state index contributed by atoms with van der Waals surface area (Å²) in [6.07, 6.45) is -1.37. The van der Waals surface area contributed by atoms with Gasteiger partial charge in [-0.1, -0.05) is 23.2 Å².